The van der Waals surface area contributed by atoms with Crippen LogP contribution in [0.15, 0.2) is 12.1 Å². The lowest BCUT2D eigenvalue weighted by Gasteiger charge is -2.29. The molecule has 2 atom stereocenters. The van der Waals surface area contributed by atoms with Crippen LogP contribution in [0.5, 0.6) is 5.75 Å². The van der Waals surface area contributed by atoms with Crippen LogP contribution in [-0.2, 0) is 4.79 Å². The van der Waals surface area contributed by atoms with Gasteiger partial charge in [-0.3, -0.25) is 4.79 Å². The maximum atomic E-state index is 11.2. The molecule has 4 N–H and O–H groups in total. The molecule has 1 heterocycles. The minimum absolute atomic E-state index is 0.0542. The van der Waals surface area contributed by atoms with Gasteiger partial charge in [0.2, 0.25) is 5.91 Å². The van der Waals surface area contributed by atoms with E-state index in [1.54, 1.807) is 6.07 Å². The lowest BCUT2D eigenvalue weighted by atomic mass is 9.85. The van der Waals surface area contributed by atoms with Gasteiger partial charge < -0.3 is 16.2 Å². The fourth-order valence-corrected chi connectivity index (χ4v) is 2.63. The van der Waals surface area contributed by atoms with E-state index in [2.05, 4.69) is 5.32 Å². The zero-order valence-corrected chi connectivity index (χ0v) is 11.1. The van der Waals surface area contributed by atoms with E-state index in [1.807, 2.05) is 0 Å². The van der Waals surface area contributed by atoms with Crippen LogP contribution in [0.2, 0.25) is 10.0 Å². The highest BCUT2D eigenvalue weighted by molar-refractivity contribution is 6.42. The van der Waals surface area contributed by atoms with Gasteiger partial charge >= 0.3 is 0 Å². The van der Waals surface area contributed by atoms with Gasteiger partial charge in [0.05, 0.1) is 16.1 Å². The Balaban J connectivity index is 2.26. The molecular weight excluding hydrogens is 275 g/mol. The lowest BCUT2D eigenvalue weighted by molar-refractivity contribution is -0.120. The van der Waals surface area contributed by atoms with Crippen molar-refractivity contribution in [1.29, 1.82) is 0 Å². The standard InChI is InChI=1S/C12H14Cl2N2O2/c13-8-4-7(11(17)5-9(8)14)6-1-2-16-10(3-6)12(15)18/h4-6,10,16-17H,1-3H2,(H2,15,18)/t6-,10+/m0/s1. The first kappa shape index (κ1) is 13.5. The van der Waals surface area contributed by atoms with Crippen LogP contribution in [0, 0.1) is 0 Å². The average molecular weight is 289 g/mol. The first-order chi connectivity index (χ1) is 8.49. The molecule has 18 heavy (non-hydrogen) atoms. The van der Waals surface area contributed by atoms with Crippen molar-refractivity contribution < 1.29 is 9.90 Å². The number of nitrogens with two attached hydrogens (primary N) is 1. The number of rotatable bonds is 2. The number of piperidine rings is 1. The van der Waals surface area contributed by atoms with E-state index in [9.17, 15) is 9.90 Å². The molecule has 1 aliphatic heterocycles. The van der Waals surface area contributed by atoms with Crippen LogP contribution >= 0.6 is 23.2 Å². The summed E-state index contributed by atoms with van der Waals surface area (Å²) in [4.78, 5) is 11.2. The topological polar surface area (TPSA) is 75.4 Å². The average Bonchev–Trinajstić information content (AvgIpc) is 2.34. The van der Waals surface area contributed by atoms with Gasteiger partial charge in [-0.15, -0.1) is 0 Å². The Hall–Kier alpha value is -0.970. The third-order valence-electron chi connectivity index (χ3n) is 3.26. The molecule has 1 aromatic carbocycles. The maximum absolute atomic E-state index is 11.2. The maximum Gasteiger partial charge on any atom is 0.234 e. The Bertz CT molecular complexity index is 479. The van der Waals surface area contributed by atoms with Gasteiger partial charge in [-0.25, -0.2) is 0 Å². The molecule has 4 nitrogen and oxygen atoms in total. The number of primary amides is 1. The van der Waals surface area contributed by atoms with Crippen molar-refractivity contribution in [1.82, 2.24) is 5.32 Å². The van der Waals surface area contributed by atoms with Crippen molar-refractivity contribution in [2.24, 2.45) is 5.73 Å². The van der Waals surface area contributed by atoms with Gasteiger partial charge in [0, 0.05) is 6.07 Å². The summed E-state index contributed by atoms with van der Waals surface area (Å²) in [5.41, 5.74) is 6.01. The SMILES string of the molecule is NC(=O)[C@H]1C[C@@H](c2cc(Cl)c(Cl)cc2O)CCN1. The minimum atomic E-state index is -0.376. The predicted molar refractivity (Wildman–Crippen MR) is 71.1 cm³/mol. The monoisotopic (exact) mass is 288 g/mol. The molecule has 0 saturated carbocycles. The molecule has 0 bridgehead atoms. The highest BCUT2D eigenvalue weighted by atomic mass is 35.5. The highest BCUT2D eigenvalue weighted by Crippen LogP contribution is 2.38. The summed E-state index contributed by atoms with van der Waals surface area (Å²) in [6.45, 7) is 0.679. The molecule has 1 aromatic rings. The summed E-state index contributed by atoms with van der Waals surface area (Å²) in [6.07, 6.45) is 1.37. The van der Waals surface area contributed by atoms with Crippen LogP contribution in [0.3, 0.4) is 0 Å². The number of phenols is 1. The van der Waals surface area contributed by atoms with Gasteiger partial charge in [0.15, 0.2) is 0 Å². The number of halogens is 2. The van der Waals surface area contributed by atoms with Crippen molar-refractivity contribution >= 4 is 29.1 Å². The molecule has 0 spiro atoms. The van der Waals surface area contributed by atoms with Crippen LogP contribution < -0.4 is 11.1 Å². The molecule has 0 unspecified atom stereocenters. The lowest BCUT2D eigenvalue weighted by Crippen LogP contribution is -2.46. The number of aromatic hydroxyl groups is 1. The van der Waals surface area contributed by atoms with Gasteiger partial charge in [0.1, 0.15) is 5.75 Å². The second kappa shape index (κ2) is 5.34. The molecule has 0 aliphatic carbocycles. The first-order valence-electron chi connectivity index (χ1n) is 5.69. The summed E-state index contributed by atoms with van der Waals surface area (Å²) in [5.74, 6) is -0.211. The van der Waals surface area contributed by atoms with Crippen LogP contribution in [0.25, 0.3) is 0 Å². The zero-order chi connectivity index (χ0) is 13.3. The Morgan fingerprint density at radius 1 is 1.39 bits per heavy atom. The van der Waals surface area contributed by atoms with E-state index in [0.29, 0.717) is 23.0 Å². The second-order valence-corrected chi connectivity index (χ2v) is 5.27. The molecular formula is C12H14Cl2N2O2. The second-order valence-electron chi connectivity index (χ2n) is 4.46. The molecule has 98 valence electrons. The van der Waals surface area contributed by atoms with Gasteiger partial charge in [-0.05, 0) is 36.9 Å². The zero-order valence-electron chi connectivity index (χ0n) is 9.62. The Morgan fingerprint density at radius 2 is 2.06 bits per heavy atom. The van der Waals surface area contributed by atoms with Crippen molar-refractivity contribution in [3.63, 3.8) is 0 Å². The molecule has 2 rings (SSSR count). The number of hydrogen-bond donors (Lipinski definition) is 3. The Kier molecular flexibility index (Phi) is 4.00. The van der Waals surface area contributed by atoms with Crippen LogP contribution in [0.4, 0.5) is 0 Å². The van der Waals surface area contributed by atoms with Gasteiger partial charge in [-0.1, -0.05) is 23.2 Å². The summed E-state index contributed by atoms with van der Waals surface area (Å²) < 4.78 is 0. The molecule has 1 amide bonds. The third-order valence-corrected chi connectivity index (χ3v) is 3.98. The smallest absolute Gasteiger partial charge is 0.234 e. The van der Waals surface area contributed by atoms with Crippen LogP contribution in [0.1, 0.15) is 24.3 Å². The van der Waals surface area contributed by atoms with E-state index < -0.39 is 0 Å². The molecule has 6 heteroatoms. The fraction of sp³-hybridized carbons (Fsp3) is 0.417. The van der Waals surface area contributed by atoms with Crippen molar-refractivity contribution in [2.75, 3.05) is 6.54 Å². The number of amides is 1. The highest BCUT2D eigenvalue weighted by Gasteiger charge is 2.28. The number of hydrogen-bond acceptors (Lipinski definition) is 3. The summed E-state index contributed by atoms with van der Waals surface area (Å²) in [6, 6.07) is 2.73. The van der Waals surface area contributed by atoms with E-state index in [-0.39, 0.29) is 23.6 Å². The largest absolute Gasteiger partial charge is 0.508 e. The number of carbonyl (C=O) groups is 1. The molecule has 0 aromatic heterocycles. The fourth-order valence-electron chi connectivity index (χ4n) is 2.30. The summed E-state index contributed by atoms with van der Waals surface area (Å²) in [5, 5.41) is 13.7. The minimum Gasteiger partial charge on any atom is -0.508 e. The normalized spacial score (nSPS) is 23.9. The van der Waals surface area contributed by atoms with E-state index in [0.717, 1.165) is 12.0 Å². The van der Waals surface area contributed by atoms with E-state index in [4.69, 9.17) is 28.9 Å². The Morgan fingerprint density at radius 3 is 2.72 bits per heavy atom. The number of carbonyl (C=O) groups excluding carboxylic acids is 1. The predicted octanol–water partition coefficient (Wildman–Crippen LogP) is 2.02. The van der Waals surface area contributed by atoms with Gasteiger partial charge in [-0.2, -0.15) is 0 Å². The van der Waals surface area contributed by atoms with Crippen LogP contribution in [-0.4, -0.2) is 23.6 Å². The number of phenolic OH excluding ortho intramolecular Hbond substituents is 1. The molecule has 1 aliphatic rings. The molecule has 1 fully saturated rings. The Labute approximate surface area is 115 Å². The summed E-state index contributed by atoms with van der Waals surface area (Å²) in [7, 11) is 0. The quantitative estimate of drug-likeness (QED) is 0.779. The number of benzene rings is 1. The number of nitrogens with one attached hydrogen (secondary N) is 1. The third kappa shape index (κ3) is 2.71. The van der Waals surface area contributed by atoms with Crippen molar-refractivity contribution in [2.45, 2.75) is 24.8 Å². The first-order valence-corrected chi connectivity index (χ1v) is 6.45. The van der Waals surface area contributed by atoms with E-state index in [1.165, 1.54) is 6.07 Å². The summed E-state index contributed by atoms with van der Waals surface area (Å²) >= 11 is 11.8. The van der Waals surface area contributed by atoms with Gasteiger partial charge in [0.25, 0.3) is 0 Å². The van der Waals surface area contributed by atoms with E-state index >= 15 is 0 Å². The van der Waals surface area contributed by atoms with Crippen molar-refractivity contribution in [3.8, 4) is 5.75 Å². The van der Waals surface area contributed by atoms with Crippen molar-refractivity contribution in [3.05, 3.63) is 27.7 Å². The molecule has 1 saturated heterocycles. The molecule has 0 radical (unpaired) electrons.